The average Bonchev–Trinajstić information content (AvgIpc) is 2.30. The first-order valence-corrected chi connectivity index (χ1v) is 6.82. The van der Waals surface area contributed by atoms with Crippen LogP contribution in [0.4, 0.5) is 0 Å². The van der Waals surface area contributed by atoms with Crippen molar-refractivity contribution < 1.29 is 13.3 Å². The first-order valence-electron chi connectivity index (χ1n) is 5.02. The summed E-state index contributed by atoms with van der Waals surface area (Å²) in [4.78, 5) is 38.1. The summed E-state index contributed by atoms with van der Waals surface area (Å²) in [5.74, 6) is 0. The van der Waals surface area contributed by atoms with Crippen molar-refractivity contribution in [3.05, 3.63) is 31.5 Å². The predicted octanol–water partition coefficient (Wildman–Crippen LogP) is -1.80. The standard InChI is InChI=1S/C8H15N3O6Si/c1-5(18(15-2,16-3)17-4)11-7(13)9-6(12)10-8(11)14/h5H,1-4H3,(H2,9,10,12,13,14). The lowest BCUT2D eigenvalue weighted by atomic mass is 10.7. The van der Waals surface area contributed by atoms with Crippen LogP contribution in [0.15, 0.2) is 14.4 Å². The van der Waals surface area contributed by atoms with Crippen LogP contribution in [0.1, 0.15) is 12.6 Å². The van der Waals surface area contributed by atoms with Crippen LogP contribution in [-0.2, 0) is 13.3 Å². The minimum atomic E-state index is -3.22. The molecule has 0 aliphatic rings. The van der Waals surface area contributed by atoms with Crippen LogP contribution in [0.2, 0.25) is 0 Å². The maximum absolute atomic E-state index is 11.6. The zero-order valence-electron chi connectivity index (χ0n) is 10.5. The van der Waals surface area contributed by atoms with E-state index in [-0.39, 0.29) is 0 Å². The zero-order chi connectivity index (χ0) is 13.9. The Morgan fingerprint density at radius 1 is 1.00 bits per heavy atom. The molecule has 0 saturated heterocycles. The first-order chi connectivity index (χ1) is 8.41. The van der Waals surface area contributed by atoms with E-state index in [4.69, 9.17) is 13.3 Å². The number of rotatable bonds is 5. The number of aromatic nitrogens is 3. The summed E-state index contributed by atoms with van der Waals surface area (Å²) in [6.07, 6.45) is 0. The Kier molecular flexibility index (Phi) is 4.40. The minimum absolute atomic E-state index is 0.786. The van der Waals surface area contributed by atoms with Gasteiger partial charge in [-0.15, -0.1) is 0 Å². The fraction of sp³-hybridized carbons (Fsp3) is 0.625. The fourth-order valence-electron chi connectivity index (χ4n) is 1.71. The Bertz CT molecular complexity index is 529. The Morgan fingerprint density at radius 3 is 1.72 bits per heavy atom. The second-order valence-electron chi connectivity index (χ2n) is 3.45. The number of H-pyrrole nitrogens is 2. The van der Waals surface area contributed by atoms with E-state index in [1.807, 2.05) is 9.97 Å². The molecule has 1 aromatic rings. The highest BCUT2D eigenvalue weighted by Crippen LogP contribution is 2.19. The Hall–Kier alpha value is -1.49. The highest BCUT2D eigenvalue weighted by molar-refractivity contribution is 6.61. The molecule has 0 aliphatic heterocycles. The molecule has 0 saturated carbocycles. The zero-order valence-corrected chi connectivity index (χ0v) is 11.5. The van der Waals surface area contributed by atoms with E-state index in [0.717, 1.165) is 4.57 Å². The maximum atomic E-state index is 11.6. The van der Waals surface area contributed by atoms with Crippen LogP contribution in [0, 0.1) is 0 Å². The molecule has 0 aliphatic carbocycles. The molecule has 0 spiro atoms. The first kappa shape index (κ1) is 14.6. The van der Waals surface area contributed by atoms with Gasteiger partial charge in [0, 0.05) is 21.3 Å². The van der Waals surface area contributed by atoms with Crippen molar-refractivity contribution in [1.29, 1.82) is 0 Å². The molecule has 0 fully saturated rings. The van der Waals surface area contributed by atoms with Crippen molar-refractivity contribution in [3.63, 3.8) is 0 Å². The highest BCUT2D eigenvalue weighted by atomic mass is 28.4. The van der Waals surface area contributed by atoms with Crippen LogP contribution in [0.25, 0.3) is 0 Å². The molecule has 0 amide bonds. The third-order valence-electron chi connectivity index (χ3n) is 2.63. The van der Waals surface area contributed by atoms with Crippen LogP contribution in [-0.4, -0.2) is 44.7 Å². The number of aromatic amines is 2. The van der Waals surface area contributed by atoms with Gasteiger partial charge in [-0.2, -0.15) is 0 Å². The number of hydrogen-bond acceptors (Lipinski definition) is 6. The molecule has 1 atom stereocenters. The molecule has 1 unspecified atom stereocenters. The fourth-order valence-corrected chi connectivity index (χ4v) is 3.78. The van der Waals surface area contributed by atoms with Crippen molar-refractivity contribution in [2.45, 2.75) is 12.6 Å². The lowest BCUT2D eigenvalue weighted by Crippen LogP contribution is -2.57. The number of hydrogen-bond donors (Lipinski definition) is 2. The van der Waals surface area contributed by atoms with Gasteiger partial charge in [0.2, 0.25) is 0 Å². The Balaban J connectivity index is 3.43. The smallest absolute Gasteiger partial charge is 0.376 e. The molecule has 10 heteroatoms. The molecular formula is C8H15N3O6Si. The van der Waals surface area contributed by atoms with Crippen LogP contribution < -0.4 is 17.1 Å². The van der Waals surface area contributed by atoms with E-state index in [0.29, 0.717) is 0 Å². The summed E-state index contributed by atoms with van der Waals surface area (Å²) >= 11 is 0. The summed E-state index contributed by atoms with van der Waals surface area (Å²) in [5.41, 5.74) is -3.35. The second kappa shape index (κ2) is 5.43. The van der Waals surface area contributed by atoms with Gasteiger partial charge in [0.1, 0.15) is 5.67 Å². The maximum Gasteiger partial charge on any atom is 0.524 e. The summed E-state index contributed by atoms with van der Waals surface area (Å²) in [6.45, 7) is 1.54. The van der Waals surface area contributed by atoms with Gasteiger partial charge >= 0.3 is 25.9 Å². The molecule has 2 N–H and O–H groups in total. The largest absolute Gasteiger partial charge is 0.524 e. The summed E-state index contributed by atoms with van der Waals surface area (Å²) in [6, 6.07) is 0. The summed E-state index contributed by atoms with van der Waals surface area (Å²) in [7, 11) is 0.864. The van der Waals surface area contributed by atoms with E-state index in [1.165, 1.54) is 28.3 Å². The minimum Gasteiger partial charge on any atom is -0.376 e. The van der Waals surface area contributed by atoms with Gasteiger partial charge in [-0.25, -0.2) is 19.0 Å². The molecule has 1 heterocycles. The monoisotopic (exact) mass is 277 g/mol. The van der Waals surface area contributed by atoms with Crippen LogP contribution in [0.5, 0.6) is 0 Å². The van der Waals surface area contributed by atoms with Gasteiger partial charge in [0.05, 0.1) is 0 Å². The molecule has 1 aromatic heterocycles. The van der Waals surface area contributed by atoms with E-state index in [2.05, 4.69) is 0 Å². The van der Waals surface area contributed by atoms with E-state index in [1.54, 1.807) is 0 Å². The molecular weight excluding hydrogens is 262 g/mol. The Morgan fingerprint density at radius 2 is 1.39 bits per heavy atom. The number of nitrogens with one attached hydrogen (secondary N) is 2. The number of nitrogens with zero attached hydrogens (tertiary/aromatic N) is 1. The normalized spacial score (nSPS) is 13.6. The van der Waals surface area contributed by atoms with Crippen molar-refractivity contribution in [2.24, 2.45) is 0 Å². The van der Waals surface area contributed by atoms with Crippen LogP contribution in [0.3, 0.4) is 0 Å². The third kappa shape index (κ3) is 2.36. The lowest BCUT2D eigenvalue weighted by Gasteiger charge is -2.30. The third-order valence-corrected chi connectivity index (χ3v) is 5.62. The van der Waals surface area contributed by atoms with Crippen molar-refractivity contribution in [3.8, 4) is 0 Å². The molecule has 9 nitrogen and oxygen atoms in total. The van der Waals surface area contributed by atoms with Gasteiger partial charge in [-0.1, -0.05) is 0 Å². The van der Waals surface area contributed by atoms with Crippen molar-refractivity contribution >= 4 is 8.80 Å². The second-order valence-corrected chi connectivity index (χ2v) is 6.72. The highest BCUT2D eigenvalue weighted by Gasteiger charge is 2.47. The summed E-state index contributed by atoms with van der Waals surface area (Å²) in [5, 5.41) is 0. The van der Waals surface area contributed by atoms with Gasteiger partial charge in [-0.3, -0.25) is 9.97 Å². The van der Waals surface area contributed by atoms with Crippen molar-refractivity contribution in [1.82, 2.24) is 14.5 Å². The molecule has 0 aromatic carbocycles. The molecule has 1 rings (SSSR count). The molecule has 0 radical (unpaired) electrons. The lowest BCUT2D eigenvalue weighted by molar-refractivity contribution is 0.103. The predicted molar refractivity (Wildman–Crippen MR) is 63.4 cm³/mol. The van der Waals surface area contributed by atoms with E-state index >= 15 is 0 Å². The van der Waals surface area contributed by atoms with E-state index < -0.39 is 31.5 Å². The van der Waals surface area contributed by atoms with Gasteiger partial charge < -0.3 is 13.3 Å². The molecule has 18 heavy (non-hydrogen) atoms. The van der Waals surface area contributed by atoms with Gasteiger partial charge in [0.25, 0.3) is 0 Å². The van der Waals surface area contributed by atoms with Gasteiger partial charge in [0.15, 0.2) is 0 Å². The topological polar surface area (TPSA) is 115 Å². The quantitative estimate of drug-likeness (QED) is 0.614. The SMILES string of the molecule is CO[Si](OC)(OC)C(C)n1c(=O)[nH]c(=O)[nH]c1=O. The van der Waals surface area contributed by atoms with E-state index in [9.17, 15) is 14.4 Å². The van der Waals surface area contributed by atoms with Crippen LogP contribution >= 0.6 is 0 Å². The average molecular weight is 277 g/mol. The molecule has 102 valence electrons. The molecule has 0 bridgehead atoms. The summed E-state index contributed by atoms with van der Waals surface area (Å²) < 4.78 is 16.3. The van der Waals surface area contributed by atoms with Crippen molar-refractivity contribution in [2.75, 3.05) is 21.3 Å². The van der Waals surface area contributed by atoms with Gasteiger partial charge in [-0.05, 0) is 6.92 Å². The Labute approximate surface area is 103 Å².